The molecule has 0 amide bonds. The van der Waals surface area contributed by atoms with E-state index in [9.17, 15) is 8.78 Å². The Kier molecular flexibility index (Phi) is 3.13. The number of aromatic nitrogens is 1. The first-order valence-electron chi connectivity index (χ1n) is 4.18. The highest BCUT2D eigenvalue weighted by Crippen LogP contribution is 2.21. The Balaban J connectivity index is 3.19. The summed E-state index contributed by atoms with van der Waals surface area (Å²) >= 11 is 0. The monoisotopic (exact) mass is 196 g/mol. The number of pyridine rings is 1. The third kappa shape index (κ3) is 2.05. The van der Waals surface area contributed by atoms with Gasteiger partial charge in [0, 0.05) is 5.69 Å². The maximum Gasteiger partial charge on any atom is 0.280 e. The molecule has 0 spiro atoms. The minimum absolute atomic E-state index is 0.216. The van der Waals surface area contributed by atoms with E-state index in [1.54, 1.807) is 13.8 Å². The molecule has 0 saturated heterocycles. The van der Waals surface area contributed by atoms with Crippen LogP contribution in [0.25, 0.3) is 0 Å². The van der Waals surface area contributed by atoms with Crippen molar-refractivity contribution in [1.29, 1.82) is 5.26 Å². The number of alkyl halides is 2. The lowest BCUT2D eigenvalue weighted by Crippen LogP contribution is -2.00. The van der Waals surface area contributed by atoms with Gasteiger partial charge in [0.15, 0.2) is 0 Å². The lowest BCUT2D eigenvalue weighted by molar-refractivity contribution is 0.145. The zero-order chi connectivity index (χ0) is 10.7. The molecule has 0 aliphatic carbocycles. The molecule has 0 fully saturated rings. The second-order valence-electron chi connectivity index (χ2n) is 3.06. The largest absolute Gasteiger partial charge is 0.280 e. The Morgan fingerprint density at radius 2 is 2.14 bits per heavy atom. The standard InChI is InChI=1S/C10H10F2N2/c1-6-5-9(10(11)12)14-7(2)8(6)3-4-13/h5,10H,3H2,1-2H3. The molecular formula is C10H10F2N2. The summed E-state index contributed by atoms with van der Waals surface area (Å²) in [6, 6.07) is 3.32. The van der Waals surface area contributed by atoms with E-state index in [0.29, 0.717) is 11.3 Å². The van der Waals surface area contributed by atoms with Crippen molar-refractivity contribution in [2.45, 2.75) is 26.7 Å². The average Bonchev–Trinajstić information content (AvgIpc) is 2.10. The maximum atomic E-state index is 12.3. The molecule has 2 nitrogen and oxygen atoms in total. The number of rotatable bonds is 2. The van der Waals surface area contributed by atoms with Crippen LogP contribution >= 0.6 is 0 Å². The summed E-state index contributed by atoms with van der Waals surface area (Å²) in [7, 11) is 0. The van der Waals surface area contributed by atoms with Gasteiger partial charge in [-0.1, -0.05) is 0 Å². The molecule has 0 saturated carbocycles. The lowest BCUT2D eigenvalue weighted by atomic mass is 10.0. The molecule has 0 N–H and O–H groups in total. The van der Waals surface area contributed by atoms with Crippen LogP contribution in [0.2, 0.25) is 0 Å². The van der Waals surface area contributed by atoms with E-state index >= 15 is 0 Å². The van der Waals surface area contributed by atoms with E-state index in [4.69, 9.17) is 5.26 Å². The van der Waals surface area contributed by atoms with Crippen molar-refractivity contribution in [3.05, 3.63) is 28.6 Å². The molecule has 0 aliphatic heterocycles. The van der Waals surface area contributed by atoms with Crippen LogP contribution in [0.15, 0.2) is 6.07 Å². The van der Waals surface area contributed by atoms with Crippen molar-refractivity contribution >= 4 is 0 Å². The van der Waals surface area contributed by atoms with Crippen molar-refractivity contribution in [2.24, 2.45) is 0 Å². The van der Waals surface area contributed by atoms with E-state index in [1.807, 2.05) is 6.07 Å². The summed E-state index contributed by atoms with van der Waals surface area (Å²) in [5.41, 5.74) is 1.75. The van der Waals surface area contributed by atoms with Crippen molar-refractivity contribution in [1.82, 2.24) is 4.98 Å². The normalized spacial score (nSPS) is 10.3. The summed E-state index contributed by atoms with van der Waals surface area (Å²) in [5.74, 6) is 0. The summed E-state index contributed by atoms with van der Waals surface area (Å²) in [6.07, 6.45) is -2.34. The molecule has 0 unspecified atom stereocenters. The van der Waals surface area contributed by atoms with Crippen LogP contribution in [-0.4, -0.2) is 4.98 Å². The third-order valence-corrected chi connectivity index (χ3v) is 2.05. The van der Waals surface area contributed by atoms with Crippen LogP contribution in [0.5, 0.6) is 0 Å². The fraction of sp³-hybridized carbons (Fsp3) is 0.400. The van der Waals surface area contributed by atoms with Crippen molar-refractivity contribution < 1.29 is 8.78 Å². The van der Waals surface area contributed by atoms with Crippen molar-refractivity contribution in [3.63, 3.8) is 0 Å². The van der Waals surface area contributed by atoms with E-state index in [2.05, 4.69) is 4.98 Å². The molecule has 0 aromatic carbocycles. The topological polar surface area (TPSA) is 36.7 Å². The fourth-order valence-corrected chi connectivity index (χ4v) is 1.35. The molecule has 0 radical (unpaired) electrons. The fourth-order valence-electron chi connectivity index (χ4n) is 1.35. The van der Waals surface area contributed by atoms with Crippen LogP contribution in [0.4, 0.5) is 8.78 Å². The van der Waals surface area contributed by atoms with Crippen molar-refractivity contribution in [2.75, 3.05) is 0 Å². The second kappa shape index (κ2) is 4.14. The molecule has 0 atom stereocenters. The van der Waals surface area contributed by atoms with Gasteiger partial charge in [0.1, 0.15) is 5.69 Å². The number of aryl methyl sites for hydroxylation is 2. The highest BCUT2D eigenvalue weighted by atomic mass is 19.3. The van der Waals surface area contributed by atoms with Crippen LogP contribution < -0.4 is 0 Å². The van der Waals surface area contributed by atoms with Crippen LogP contribution in [0.3, 0.4) is 0 Å². The molecule has 0 aliphatic rings. The van der Waals surface area contributed by atoms with Crippen LogP contribution in [0.1, 0.15) is 28.9 Å². The van der Waals surface area contributed by atoms with Gasteiger partial charge in [-0.05, 0) is 31.0 Å². The van der Waals surface area contributed by atoms with E-state index in [1.165, 1.54) is 6.07 Å². The molecule has 1 aromatic rings. The predicted molar refractivity (Wildman–Crippen MR) is 48.0 cm³/mol. The average molecular weight is 196 g/mol. The zero-order valence-electron chi connectivity index (χ0n) is 8.01. The van der Waals surface area contributed by atoms with Gasteiger partial charge in [-0.15, -0.1) is 0 Å². The van der Waals surface area contributed by atoms with E-state index in [-0.39, 0.29) is 12.1 Å². The first kappa shape index (κ1) is 10.6. The van der Waals surface area contributed by atoms with Crippen LogP contribution in [-0.2, 0) is 6.42 Å². The SMILES string of the molecule is Cc1cc(C(F)F)nc(C)c1CC#N. The molecule has 1 aromatic heterocycles. The number of nitrogens with zero attached hydrogens (tertiary/aromatic N) is 2. The molecule has 1 rings (SSSR count). The van der Waals surface area contributed by atoms with Crippen molar-refractivity contribution in [3.8, 4) is 6.07 Å². The molecule has 74 valence electrons. The Morgan fingerprint density at radius 1 is 1.50 bits per heavy atom. The summed E-state index contributed by atoms with van der Waals surface area (Å²) in [5, 5.41) is 8.52. The zero-order valence-corrected chi connectivity index (χ0v) is 8.01. The number of nitriles is 1. The molecule has 1 heterocycles. The minimum Gasteiger partial charge on any atom is -0.252 e. The van der Waals surface area contributed by atoms with Gasteiger partial charge in [-0.25, -0.2) is 8.78 Å². The molecule has 0 bridgehead atoms. The van der Waals surface area contributed by atoms with E-state index < -0.39 is 6.43 Å². The number of hydrogen-bond acceptors (Lipinski definition) is 2. The Morgan fingerprint density at radius 3 is 2.57 bits per heavy atom. The Labute approximate surface area is 81.2 Å². The second-order valence-corrected chi connectivity index (χ2v) is 3.06. The van der Waals surface area contributed by atoms with Gasteiger partial charge >= 0.3 is 0 Å². The summed E-state index contributed by atoms with van der Waals surface area (Å²) in [6.45, 7) is 3.36. The third-order valence-electron chi connectivity index (χ3n) is 2.05. The van der Waals surface area contributed by atoms with Gasteiger partial charge in [0.05, 0.1) is 12.5 Å². The Bertz CT molecular complexity index is 357. The minimum atomic E-state index is -2.55. The molecule has 4 heteroatoms. The lowest BCUT2D eigenvalue weighted by Gasteiger charge is -2.08. The van der Waals surface area contributed by atoms with Gasteiger partial charge in [0.25, 0.3) is 6.43 Å². The molecular weight excluding hydrogens is 186 g/mol. The summed E-state index contributed by atoms with van der Waals surface area (Å²) in [4.78, 5) is 3.75. The van der Waals surface area contributed by atoms with E-state index in [0.717, 1.165) is 5.56 Å². The molecule has 14 heavy (non-hydrogen) atoms. The van der Waals surface area contributed by atoms with Gasteiger partial charge in [0.2, 0.25) is 0 Å². The number of hydrogen-bond donors (Lipinski definition) is 0. The first-order valence-corrected chi connectivity index (χ1v) is 4.18. The first-order chi connectivity index (χ1) is 6.56. The smallest absolute Gasteiger partial charge is 0.252 e. The summed E-state index contributed by atoms with van der Waals surface area (Å²) < 4.78 is 24.6. The number of halogens is 2. The van der Waals surface area contributed by atoms with Gasteiger partial charge in [-0.3, -0.25) is 4.98 Å². The quantitative estimate of drug-likeness (QED) is 0.729. The van der Waals surface area contributed by atoms with Gasteiger partial charge < -0.3 is 0 Å². The highest BCUT2D eigenvalue weighted by molar-refractivity contribution is 5.33. The highest BCUT2D eigenvalue weighted by Gasteiger charge is 2.12. The predicted octanol–water partition coefficient (Wildman–Crippen LogP) is 2.70. The van der Waals surface area contributed by atoms with Crippen LogP contribution in [0, 0.1) is 25.2 Å². The Hall–Kier alpha value is -1.50. The maximum absolute atomic E-state index is 12.3. The van der Waals surface area contributed by atoms with Gasteiger partial charge in [-0.2, -0.15) is 5.26 Å².